The second kappa shape index (κ2) is 6.75. The summed E-state index contributed by atoms with van der Waals surface area (Å²) in [5, 5.41) is 3.67. The molecule has 0 spiro atoms. The average Bonchev–Trinajstić information content (AvgIpc) is 3.17. The Labute approximate surface area is 137 Å². The summed E-state index contributed by atoms with van der Waals surface area (Å²) < 4.78 is 18.2. The van der Waals surface area contributed by atoms with Gasteiger partial charge in [-0.3, -0.25) is 4.79 Å². The monoisotopic (exact) mass is 330 g/mol. The van der Waals surface area contributed by atoms with Crippen molar-refractivity contribution in [3.63, 3.8) is 0 Å². The third-order valence-electron chi connectivity index (χ3n) is 3.35. The molecule has 3 aromatic rings. The fourth-order valence-electron chi connectivity index (χ4n) is 2.13. The largest absolute Gasteiger partial charge is 0.462 e. The third-order valence-corrected chi connectivity index (χ3v) is 4.52. The lowest BCUT2D eigenvalue weighted by Gasteiger charge is -2.04. The number of furan rings is 1. The summed E-state index contributed by atoms with van der Waals surface area (Å²) in [6.07, 6.45) is 1.83. The van der Waals surface area contributed by atoms with Gasteiger partial charge < -0.3 is 9.73 Å². The number of aromatic nitrogens is 1. The van der Waals surface area contributed by atoms with Gasteiger partial charge in [-0.25, -0.2) is 9.37 Å². The van der Waals surface area contributed by atoms with Crippen molar-refractivity contribution in [2.45, 2.75) is 19.9 Å². The van der Waals surface area contributed by atoms with Crippen LogP contribution >= 0.6 is 11.3 Å². The van der Waals surface area contributed by atoms with E-state index in [-0.39, 0.29) is 18.1 Å². The molecular weight excluding hydrogens is 315 g/mol. The number of carbonyl (C=O) groups is 1. The highest BCUT2D eigenvalue weighted by atomic mass is 32.1. The number of hydrogen-bond acceptors (Lipinski definition) is 4. The van der Waals surface area contributed by atoms with Gasteiger partial charge in [-0.15, -0.1) is 11.3 Å². The molecule has 0 aliphatic heterocycles. The molecule has 0 aliphatic carbocycles. The molecule has 1 aromatic carbocycles. The first kappa shape index (κ1) is 15.4. The van der Waals surface area contributed by atoms with Crippen LogP contribution in [0.15, 0.2) is 47.1 Å². The molecule has 6 heteroatoms. The van der Waals surface area contributed by atoms with Crippen molar-refractivity contribution < 1.29 is 13.6 Å². The average molecular weight is 330 g/mol. The number of aryl methyl sites for hydroxylation is 1. The lowest BCUT2D eigenvalue weighted by Crippen LogP contribution is -2.24. The fraction of sp³-hybridized carbons (Fsp3) is 0.176. The molecule has 2 heterocycles. The summed E-state index contributed by atoms with van der Waals surface area (Å²) in [7, 11) is 0. The normalized spacial score (nSPS) is 10.7. The van der Waals surface area contributed by atoms with Crippen LogP contribution in [0.5, 0.6) is 0 Å². The van der Waals surface area contributed by atoms with Crippen molar-refractivity contribution in [2.75, 3.05) is 0 Å². The summed E-state index contributed by atoms with van der Waals surface area (Å²) in [5.74, 6) is 0.311. The molecule has 0 saturated heterocycles. The van der Waals surface area contributed by atoms with E-state index < -0.39 is 0 Å². The molecule has 3 rings (SSSR count). The molecule has 0 bridgehead atoms. The van der Waals surface area contributed by atoms with Crippen molar-refractivity contribution in [1.82, 2.24) is 10.3 Å². The number of hydrogen-bond donors (Lipinski definition) is 1. The van der Waals surface area contributed by atoms with Gasteiger partial charge in [0.25, 0.3) is 0 Å². The summed E-state index contributed by atoms with van der Waals surface area (Å²) >= 11 is 1.50. The van der Waals surface area contributed by atoms with Crippen LogP contribution in [0.3, 0.4) is 0 Å². The minimum atomic E-state index is -0.306. The Kier molecular flexibility index (Phi) is 4.52. The highest BCUT2D eigenvalue weighted by Gasteiger charge is 2.12. The van der Waals surface area contributed by atoms with E-state index in [4.69, 9.17) is 4.42 Å². The molecule has 4 nitrogen and oxygen atoms in total. The molecule has 1 amide bonds. The van der Waals surface area contributed by atoms with Gasteiger partial charge in [0.15, 0.2) is 10.8 Å². The van der Waals surface area contributed by atoms with Crippen LogP contribution in [-0.4, -0.2) is 10.9 Å². The van der Waals surface area contributed by atoms with E-state index in [9.17, 15) is 9.18 Å². The van der Waals surface area contributed by atoms with Gasteiger partial charge in [0.05, 0.1) is 24.9 Å². The molecule has 0 unspecified atom stereocenters. The molecular formula is C17H15FN2O2S. The first-order valence-corrected chi connectivity index (χ1v) is 7.95. The van der Waals surface area contributed by atoms with Gasteiger partial charge in [0.2, 0.25) is 5.91 Å². The quantitative estimate of drug-likeness (QED) is 0.776. The summed E-state index contributed by atoms with van der Waals surface area (Å²) in [4.78, 5) is 17.4. The topological polar surface area (TPSA) is 55.1 Å². The van der Waals surface area contributed by atoms with Gasteiger partial charge in [0, 0.05) is 4.88 Å². The number of nitrogens with one attached hydrogen (secondary N) is 1. The smallest absolute Gasteiger partial charge is 0.224 e. The first-order chi connectivity index (χ1) is 11.1. The van der Waals surface area contributed by atoms with Crippen LogP contribution in [0.2, 0.25) is 0 Å². The van der Waals surface area contributed by atoms with Crippen molar-refractivity contribution in [2.24, 2.45) is 0 Å². The number of rotatable bonds is 5. The summed E-state index contributed by atoms with van der Waals surface area (Å²) in [5.41, 5.74) is 1.66. The van der Waals surface area contributed by atoms with E-state index in [1.807, 2.05) is 19.1 Å². The molecule has 0 saturated carbocycles. The predicted molar refractivity (Wildman–Crippen MR) is 86.5 cm³/mol. The highest BCUT2D eigenvalue weighted by molar-refractivity contribution is 7.15. The maximum absolute atomic E-state index is 12.8. The number of benzene rings is 1. The third kappa shape index (κ3) is 3.84. The molecule has 0 radical (unpaired) electrons. The molecule has 2 aromatic heterocycles. The molecule has 1 N–H and O–H groups in total. The number of amides is 1. The Morgan fingerprint density at radius 3 is 2.78 bits per heavy atom. The van der Waals surface area contributed by atoms with Crippen molar-refractivity contribution >= 4 is 17.2 Å². The zero-order valence-corrected chi connectivity index (χ0v) is 13.3. The van der Waals surface area contributed by atoms with Gasteiger partial charge in [-0.1, -0.05) is 12.1 Å². The highest BCUT2D eigenvalue weighted by Crippen LogP contribution is 2.28. The van der Waals surface area contributed by atoms with Crippen LogP contribution in [0.1, 0.15) is 16.1 Å². The number of carbonyl (C=O) groups excluding carboxylic acids is 1. The van der Waals surface area contributed by atoms with E-state index in [0.29, 0.717) is 6.54 Å². The minimum absolute atomic E-state index is 0.107. The Morgan fingerprint density at radius 2 is 2.09 bits per heavy atom. The molecule has 23 heavy (non-hydrogen) atoms. The zero-order valence-electron chi connectivity index (χ0n) is 12.5. The van der Waals surface area contributed by atoms with Crippen LogP contribution in [0, 0.1) is 12.7 Å². The first-order valence-electron chi connectivity index (χ1n) is 7.13. The number of thiazole rings is 1. The lowest BCUT2D eigenvalue weighted by molar-refractivity contribution is -0.120. The van der Waals surface area contributed by atoms with Gasteiger partial charge >= 0.3 is 0 Å². The molecule has 0 aliphatic rings. The second-order valence-electron chi connectivity index (χ2n) is 5.08. The Bertz CT molecular complexity index is 795. The predicted octanol–water partition coefficient (Wildman–Crippen LogP) is 3.71. The zero-order chi connectivity index (χ0) is 16.2. The molecule has 118 valence electrons. The number of halogens is 1. The van der Waals surface area contributed by atoms with Crippen LogP contribution in [-0.2, 0) is 17.8 Å². The van der Waals surface area contributed by atoms with Gasteiger partial charge in [-0.2, -0.15) is 0 Å². The van der Waals surface area contributed by atoms with Crippen LogP contribution < -0.4 is 5.32 Å². The Morgan fingerprint density at radius 1 is 1.30 bits per heavy atom. The maximum Gasteiger partial charge on any atom is 0.224 e. The SMILES string of the molecule is Cc1nc(-c2ccco2)sc1CNC(=O)Cc1ccc(F)cc1. The van der Waals surface area contributed by atoms with Gasteiger partial charge in [-0.05, 0) is 36.8 Å². The van der Waals surface area contributed by atoms with Crippen LogP contribution in [0.4, 0.5) is 4.39 Å². The Hall–Kier alpha value is -2.47. The van der Waals surface area contributed by atoms with Crippen molar-refractivity contribution in [1.29, 1.82) is 0 Å². The minimum Gasteiger partial charge on any atom is -0.462 e. The van der Waals surface area contributed by atoms with Crippen molar-refractivity contribution in [3.8, 4) is 10.8 Å². The fourth-order valence-corrected chi connectivity index (χ4v) is 3.10. The van der Waals surface area contributed by atoms with E-state index in [2.05, 4.69) is 10.3 Å². The van der Waals surface area contributed by atoms with Gasteiger partial charge in [0.1, 0.15) is 5.82 Å². The molecule has 0 fully saturated rings. The van der Waals surface area contributed by atoms with Crippen molar-refractivity contribution in [3.05, 3.63) is 64.6 Å². The molecule has 0 atom stereocenters. The van der Waals surface area contributed by atoms with E-state index in [1.54, 1.807) is 18.4 Å². The lowest BCUT2D eigenvalue weighted by atomic mass is 10.1. The summed E-state index contributed by atoms with van der Waals surface area (Å²) in [6, 6.07) is 9.60. The maximum atomic E-state index is 12.8. The van der Waals surface area contributed by atoms with E-state index in [0.717, 1.165) is 26.9 Å². The Balaban J connectivity index is 1.59. The number of nitrogens with zero attached hydrogens (tertiary/aromatic N) is 1. The standard InChI is InChI=1S/C17H15FN2O2S/c1-11-15(23-17(20-11)14-3-2-8-22-14)10-19-16(21)9-12-4-6-13(18)7-5-12/h2-8H,9-10H2,1H3,(H,19,21). The second-order valence-corrected chi connectivity index (χ2v) is 6.17. The van der Waals surface area contributed by atoms with Crippen LogP contribution in [0.25, 0.3) is 10.8 Å². The van der Waals surface area contributed by atoms with E-state index in [1.165, 1.54) is 23.5 Å². The summed E-state index contributed by atoms with van der Waals surface area (Å²) in [6.45, 7) is 2.33. The van der Waals surface area contributed by atoms with E-state index >= 15 is 0 Å².